The van der Waals surface area contributed by atoms with E-state index in [1.807, 2.05) is 18.5 Å². The molecule has 1 saturated heterocycles. The molecule has 3 aromatic heterocycles. The van der Waals surface area contributed by atoms with Gasteiger partial charge in [0, 0.05) is 43.5 Å². The Bertz CT molecular complexity index is 1010. The highest BCUT2D eigenvalue weighted by Crippen LogP contribution is 2.34. The number of hydrogen-bond acceptors (Lipinski definition) is 6. The third-order valence-electron chi connectivity index (χ3n) is 4.95. The zero-order valence-electron chi connectivity index (χ0n) is 14.9. The number of aromatic nitrogens is 5. The molecule has 1 fully saturated rings. The first-order valence-corrected chi connectivity index (χ1v) is 8.64. The van der Waals surface area contributed by atoms with E-state index in [0.29, 0.717) is 26.1 Å². The SMILES string of the molecule is COCCC(=O)N1CC(CC#N)(n2cc(-c3ncnc4[nH]ccc34)cn2)C1. The number of fused-ring (bicyclic) bond motifs is 1. The van der Waals surface area contributed by atoms with Gasteiger partial charge in [0.25, 0.3) is 0 Å². The highest BCUT2D eigenvalue weighted by atomic mass is 16.5. The van der Waals surface area contributed by atoms with E-state index in [1.54, 1.807) is 22.9 Å². The van der Waals surface area contributed by atoms with Crippen LogP contribution in [0.2, 0.25) is 0 Å². The van der Waals surface area contributed by atoms with Crippen molar-refractivity contribution in [1.82, 2.24) is 29.6 Å². The number of methoxy groups -OCH3 is 1. The molecule has 0 radical (unpaired) electrons. The Morgan fingerprint density at radius 1 is 1.44 bits per heavy atom. The minimum Gasteiger partial charge on any atom is -0.384 e. The quantitative estimate of drug-likeness (QED) is 0.705. The molecule has 0 spiro atoms. The highest BCUT2D eigenvalue weighted by Gasteiger charge is 2.47. The van der Waals surface area contributed by atoms with Crippen LogP contribution in [0.15, 0.2) is 31.0 Å². The van der Waals surface area contributed by atoms with E-state index in [9.17, 15) is 10.1 Å². The van der Waals surface area contributed by atoms with Crippen molar-refractivity contribution in [3.63, 3.8) is 0 Å². The van der Waals surface area contributed by atoms with Gasteiger partial charge in [0.05, 0.1) is 37.4 Å². The Morgan fingerprint density at radius 3 is 3.07 bits per heavy atom. The van der Waals surface area contributed by atoms with Gasteiger partial charge in [-0.2, -0.15) is 10.4 Å². The van der Waals surface area contributed by atoms with Crippen LogP contribution in [0, 0.1) is 11.3 Å². The van der Waals surface area contributed by atoms with Crippen molar-refractivity contribution in [2.75, 3.05) is 26.8 Å². The van der Waals surface area contributed by atoms with Gasteiger partial charge in [0.2, 0.25) is 5.91 Å². The van der Waals surface area contributed by atoms with E-state index in [0.717, 1.165) is 22.3 Å². The number of likely N-dealkylation sites (tertiary alicyclic amines) is 1. The average Bonchev–Trinajstić information content (AvgIpc) is 3.31. The summed E-state index contributed by atoms with van der Waals surface area (Å²) in [7, 11) is 1.57. The molecule has 0 unspecified atom stereocenters. The normalized spacial score (nSPS) is 15.5. The summed E-state index contributed by atoms with van der Waals surface area (Å²) < 4.78 is 6.76. The van der Waals surface area contributed by atoms with Gasteiger partial charge >= 0.3 is 0 Å². The van der Waals surface area contributed by atoms with Crippen molar-refractivity contribution in [3.05, 3.63) is 31.0 Å². The van der Waals surface area contributed by atoms with Crippen LogP contribution in [0.4, 0.5) is 0 Å². The monoisotopic (exact) mass is 365 g/mol. The number of nitriles is 1. The number of nitrogens with zero attached hydrogens (tertiary/aromatic N) is 6. The molecule has 0 aromatic carbocycles. The van der Waals surface area contributed by atoms with E-state index < -0.39 is 5.54 Å². The summed E-state index contributed by atoms with van der Waals surface area (Å²) in [6, 6.07) is 4.16. The molecule has 1 amide bonds. The van der Waals surface area contributed by atoms with Crippen molar-refractivity contribution in [2.45, 2.75) is 18.4 Å². The maximum atomic E-state index is 12.2. The number of carbonyl (C=O) groups excluding carboxylic acids is 1. The summed E-state index contributed by atoms with van der Waals surface area (Å²) >= 11 is 0. The lowest BCUT2D eigenvalue weighted by Crippen LogP contribution is -2.64. The second kappa shape index (κ2) is 6.81. The van der Waals surface area contributed by atoms with Crippen LogP contribution in [0.3, 0.4) is 0 Å². The zero-order chi connectivity index (χ0) is 18.9. The molecule has 4 heterocycles. The zero-order valence-corrected chi connectivity index (χ0v) is 14.9. The summed E-state index contributed by atoms with van der Waals surface area (Å²) in [5.74, 6) is 0.0302. The molecule has 0 saturated carbocycles. The third kappa shape index (κ3) is 2.94. The minimum atomic E-state index is -0.500. The molecule has 9 nitrogen and oxygen atoms in total. The standard InChI is InChI=1S/C18H19N7O2/c1-27-7-3-15(26)24-10-18(11-24,4-5-19)25-9-13(8-23-25)16-14-2-6-20-17(14)22-12-21-16/h2,6,8-9,12H,3-4,7,10-11H2,1H3,(H,20,21,22). The van der Waals surface area contributed by atoms with E-state index in [1.165, 1.54) is 6.33 Å². The van der Waals surface area contributed by atoms with Gasteiger partial charge in [0.1, 0.15) is 17.5 Å². The summed E-state index contributed by atoms with van der Waals surface area (Å²) in [6.07, 6.45) is 7.59. The molecule has 0 bridgehead atoms. The first-order valence-electron chi connectivity index (χ1n) is 8.64. The molecule has 27 heavy (non-hydrogen) atoms. The Balaban J connectivity index is 1.59. The summed E-state index contributed by atoms with van der Waals surface area (Å²) in [4.78, 5) is 25.6. The van der Waals surface area contributed by atoms with Gasteiger partial charge in [0.15, 0.2) is 0 Å². The van der Waals surface area contributed by atoms with Crippen LogP contribution in [-0.2, 0) is 15.1 Å². The van der Waals surface area contributed by atoms with Crippen LogP contribution in [0.5, 0.6) is 0 Å². The predicted molar refractivity (Wildman–Crippen MR) is 96.4 cm³/mol. The van der Waals surface area contributed by atoms with E-state index in [4.69, 9.17) is 4.74 Å². The van der Waals surface area contributed by atoms with Crippen LogP contribution in [0.1, 0.15) is 12.8 Å². The van der Waals surface area contributed by atoms with Gasteiger partial charge in [-0.25, -0.2) is 9.97 Å². The number of carbonyl (C=O) groups is 1. The van der Waals surface area contributed by atoms with E-state index in [2.05, 4.69) is 26.1 Å². The lowest BCUT2D eigenvalue weighted by molar-refractivity contribution is -0.143. The smallest absolute Gasteiger partial charge is 0.225 e. The number of rotatable bonds is 6. The van der Waals surface area contributed by atoms with Gasteiger partial charge < -0.3 is 14.6 Å². The molecule has 0 aliphatic carbocycles. The molecule has 0 atom stereocenters. The number of aromatic amines is 1. The predicted octanol–water partition coefficient (Wildman–Crippen LogP) is 1.31. The molecular weight excluding hydrogens is 346 g/mol. The van der Waals surface area contributed by atoms with Gasteiger partial charge in [-0.1, -0.05) is 0 Å². The second-order valence-electron chi connectivity index (χ2n) is 6.69. The van der Waals surface area contributed by atoms with Crippen molar-refractivity contribution in [2.24, 2.45) is 0 Å². The highest BCUT2D eigenvalue weighted by molar-refractivity contribution is 5.90. The fourth-order valence-corrected chi connectivity index (χ4v) is 3.48. The molecule has 4 rings (SSSR count). The lowest BCUT2D eigenvalue weighted by atomic mass is 9.86. The maximum absolute atomic E-state index is 12.2. The van der Waals surface area contributed by atoms with Gasteiger partial charge in [-0.15, -0.1) is 0 Å². The second-order valence-corrected chi connectivity index (χ2v) is 6.69. The topological polar surface area (TPSA) is 113 Å². The Labute approximate surface area is 155 Å². The molecule has 3 aromatic rings. The number of nitrogens with one attached hydrogen (secondary N) is 1. The largest absolute Gasteiger partial charge is 0.384 e. The lowest BCUT2D eigenvalue weighted by Gasteiger charge is -2.49. The summed E-state index contributed by atoms with van der Waals surface area (Å²) in [5.41, 5.74) is 1.90. The molecule has 1 aliphatic heterocycles. The maximum Gasteiger partial charge on any atom is 0.225 e. The molecule has 9 heteroatoms. The van der Waals surface area contributed by atoms with Crippen LogP contribution >= 0.6 is 0 Å². The first-order chi connectivity index (χ1) is 13.2. The van der Waals surface area contributed by atoms with Gasteiger partial charge in [-0.3, -0.25) is 9.48 Å². The number of H-pyrrole nitrogens is 1. The molecule has 1 N–H and O–H groups in total. The van der Waals surface area contributed by atoms with Gasteiger partial charge in [-0.05, 0) is 6.07 Å². The van der Waals surface area contributed by atoms with Crippen molar-refractivity contribution < 1.29 is 9.53 Å². The fraction of sp³-hybridized carbons (Fsp3) is 0.389. The number of amides is 1. The first kappa shape index (κ1) is 17.2. The molecule has 1 aliphatic rings. The van der Waals surface area contributed by atoms with E-state index >= 15 is 0 Å². The van der Waals surface area contributed by atoms with Crippen molar-refractivity contribution in [3.8, 4) is 17.3 Å². The summed E-state index contributed by atoms with van der Waals surface area (Å²) in [5, 5.41) is 14.7. The minimum absolute atomic E-state index is 0.0302. The van der Waals surface area contributed by atoms with E-state index in [-0.39, 0.29) is 12.3 Å². The average molecular weight is 365 g/mol. The number of ether oxygens (including phenoxy) is 1. The third-order valence-corrected chi connectivity index (χ3v) is 4.95. The Morgan fingerprint density at radius 2 is 2.30 bits per heavy atom. The molecular formula is C18H19N7O2. The van der Waals surface area contributed by atoms with Crippen LogP contribution in [-0.4, -0.2) is 62.3 Å². The summed E-state index contributed by atoms with van der Waals surface area (Å²) in [6.45, 7) is 1.33. The van der Waals surface area contributed by atoms with Crippen molar-refractivity contribution >= 4 is 16.9 Å². The van der Waals surface area contributed by atoms with Crippen LogP contribution < -0.4 is 0 Å². The Kier molecular flexibility index (Phi) is 4.33. The molecule has 138 valence electrons. The number of hydrogen-bond donors (Lipinski definition) is 1. The fourth-order valence-electron chi connectivity index (χ4n) is 3.48. The van der Waals surface area contributed by atoms with Crippen molar-refractivity contribution in [1.29, 1.82) is 5.26 Å². The van der Waals surface area contributed by atoms with Crippen LogP contribution in [0.25, 0.3) is 22.3 Å². The Hall–Kier alpha value is -3.25.